The zero-order valence-corrected chi connectivity index (χ0v) is 16.9. The van der Waals surface area contributed by atoms with E-state index in [1.807, 2.05) is 18.0 Å². The molecule has 0 heterocycles. The Labute approximate surface area is 165 Å². The summed E-state index contributed by atoms with van der Waals surface area (Å²) in [7, 11) is 8.19. The van der Waals surface area contributed by atoms with Gasteiger partial charge in [-0.1, -0.05) is 0 Å². The van der Waals surface area contributed by atoms with Crippen molar-refractivity contribution < 1.29 is 23.7 Å². The Morgan fingerprint density at radius 1 is 1.00 bits per heavy atom. The summed E-state index contributed by atoms with van der Waals surface area (Å²) in [5.41, 5.74) is 8.20. The summed E-state index contributed by atoms with van der Waals surface area (Å²) in [6.45, 7) is 1.14. The summed E-state index contributed by atoms with van der Waals surface area (Å²) in [6, 6.07) is 8.95. The van der Waals surface area contributed by atoms with Gasteiger partial charge in [0.15, 0.2) is 11.5 Å². The first-order chi connectivity index (χ1) is 13.4. The molecule has 0 radical (unpaired) electrons. The highest BCUT2D eigenvalue weighted by atomic mass is 16.5. The van der Waals surface area contributed by atoms with Crippen molar-refractivity contribution >= 4 is 23.0 Å². The van der Waals surface area contributed by atoms with Gasteiger partial charge in [-0.2, -0.15) is 0 Å². The van der Waals surface area contributed by atoms with Gasteiger partial charge in [-0.25, -0.2) is 0 Å². The number of rotatable bonds is 10. The number of carbonyl (C=O) groups is 1. The normalized spacial score (nSPS) is 10.3. The third kappa shape index (κ3) is 4.77. The van der Waals surface area contributed by atoms with Crippen molar-refractivity contribution in [1.29, 1.82) is 0 Å². The highest BCUT2D eigenvalue weighted by Crippen LogP contribution is 2.40. The van der Waals surface area contributed by atoms with Gasteiger partial charge in [-0.15, -0.1) is 0 Å². The van der Waals surface area contributed by atoms with Gasteiger partial charge in [0.2, 0.25) is 5.75 Å². The van der Waals surface area contributed by atoms with Crippen molar-refractivity contribution in [1.82, 2.24) is 0 Å². The highest BCUT2D eigenvalue weighted by Gasteiger charge is 2.16. The van der Waals surface area contributed by atoms with Crippen LogP contribution < -0.4 is 30.2 Å². The van der Waals surface area contributed by atoms with Gasteiger partial charge in [0.1, 0.15) is 0 Å². The lowest BCUT2D eigenvalue weighted by Crippen LogP contribution is -2.25. The second kappa shape index (κ2) is 9.70. The van der Waals surface area contributed by atoms with E-state index < -0.39 is 5.91 Å². The number of nitrogens with one attached hydrogen (secondary N) is 1. The van der Waals surface area contributed by atoms with Crippen LogP contribution in [0.25, 0.3) is 0 Å². The Hall–Kier alpha value is -3.13. The Morgan fingerprint density at radius 3 is 2.14 bits per heavy atom. The number of likely N-dealkylation sites (N-methyl/N-ethyl adjacent to an activating group) is 1. The standard InChI is InChI=1S/C20H27N3O5/c1-23(8-9-25-2)16-10-13(6-7-15(16)20(21)24)22-14-11-17(26-3)19(28-5)18(12-14)27-4/h6-7,10-12,22H,8-9H2,1-5H3,(H2,21,24). The third-order valence-electron chi connectivity index (χ3n) is 4.26. The van der Waals surface area contributed by atoms with Crippen molar-refractivity contribution in [3.05, 3.63) is 35.9 Å². The summed E-state index contributed by atoms with van der Waals surface area (Å²) in [5, 5.41) is 3.30. The summed E-state index contributed by atoms with van der Waals surface area (Å²) in [6.07, 6.45) is 0. The molecule has 2 aromatic carbocycles. The molecule has 3 N–H and O–H groups in total. The number of hydrogen-bond acceptors (Lipinski definition) is 7. The second-order valence-electron chi connectivity index (χ2n) is 6.05. The number of benzene rings is 2. The van der Waals surface area contributed by atoms with Gasteiger partial charge >= 0.3 is 0 Å². The number of nitrogens with zero attached hydrogens (tertiary/aromatic N) is 1. The number of nitrogens with two attached hydrogens (primary N) is 1. The molecule has 8 nitrogen and oxygen atoms in total. The molecule has 2 aromatic rings. The molecule has 0 atom stereocenters. The SMILES string of the molecule is COCCN(C)c1cc(Nc2cc(OC)c(OC)c(OC)c2)ccc1C(N)=O. The van der Waals surface area contributed by atoms with Crippen LogP contribution in [0.3, 0.4) is 0 Å². The van der Waals surface area contributed by atoms with Crippen LogP contribution in [0.5, 0.6) is 17.2 Å². The average Bonchev–Trinajstić information content (AvgIpc) is 2.70. The number of primary amides is 1. The van der Waals surface area contributed by atoms with E-state index in [0.717, 1.165) is 11.4 Å². The number of ether oxygens (including phenoxy) is 4. The van der Waals surface area contributed by atoms with Crippen LogP contribution in [0, 0.1) is 0 Å². The Balaban J connectivity index is 2.40. The van der Waals surface area contributed by atoms with E-state index in [1.165, 1.54) is 0 Å². The average molecular weight is 389 g/mol. The molecular formula is C20H27N3O5. The molecule has 0 aliphatic carbocycles. The first-order valence-electron chi connectivity index (χ1n) is 8.66. The predicted molar refractivity (Wildman–Crippen MR) is 109 cm³/mol. The smallest absolute Gasteiger partial charge is 0.250 e. The summed E-state index contributed by atoms with van der Waals surface area (Å²) >= 11 is 0. The van der Waals surface area contributed by atoms with E-state index >= 15 is 0 Å². The van der Waals surface area contributed by atoms with Crippen molar-refractivity contribution in [3.8, 4) is 17.2 Å². The van der Waals surface area contributed by atoms with E-state index in [2.05, 4.69) is 5.32 Å². The molecule has 1 amide bonds. The first-order valence-corrected chi connectivity index (χ1v) is 8.66. The lowest BCUT2D eigenvalue weighted by atomic mass is 10.1. The van der Waals surface area contributed by atoms with E-state index in [4.69, 9.17) is 24.7 Å². The fourth-order valence-electron chi connectivity index (χ4n) is 2.80. The van der Waals surface area contributed by atoms with Crippen LogP contribution >= 0.6 is 0 Å². The molecule has 0 spiro atoms. The van der Waals surface area contributed by atoms with Gasteiger partial charge < -0.3 is 34.9 Å². The topological polar surface area (TPSA) is 95.3 Å². The molecule has 0 unspecified atom stereocenters. The molecule has 0 aliphatic heterocycles. The quantitative estimate of drug-likeness (QED) is 0.645. The second-order valence-corrected chi connectivity index (χ2v) is 6.05. The molecule has 0 bridgehead atoms. The maximum absolute atomic E-state index is 11.8. The van der Waals surface area contributed by atoms with Crippen LogP contribution in [-0.2, 0) is 4.74 Å². The first kappa shape index (κ1) is 21.2. The molecule has 0 aliphatic rings. The van der Waals surface area contributed by atoms with E-state index in [9.17, 15) is 4.79 Å². The van der Waals surface area contributed by atoms with Gasteiger partial charge in [0.25, 0.3) is 5.91 Å². The fourth-order valence-corrected chi connectivity index (χ4v) is 2.80. The number of carbonyl (C=O) groups excluding carboxylic acids is 1. The van der Waals surface area contributed by atoms with Crippen molar-refractivity contribution in [2.45, 2.75) is 0 Å². The fraction of sp³-hybridized carbons (Fsp3) is 0.350. The molecule has 2 rings (SSSR count). The maximum Gasteiger partial charge on any atom is 0.250 e. The monoisotopic (exact) mass is 389 g/mol. The lowest BCUT2D eigenvalue weighted by molar-refractivity contribution is 0.100. The minimum Gasteiger partial charge on any atom is -0.493 e. The van der Waals surface area contributed by atoms with E-state index in [-0.39, 0.29) is 0 Å². The van der Waals surface area contributed by atoms with Crippen LogP contribution in [0.15, 0.2) is 30.3 Å². The third-order valence-corrected chi connectivity index (χ3v) is 4.26. The van der Waals surface area contributed by atoms with Crippen molar-refractivity contribution in [2.24, 2.45) is 5.73 Å². The predicted octanol–water partition coefficient (Wildman–Crippen LogP) is 2.64. The Bertz CT molecular complexity index is 800. The molecule has 0 saturated heterocycles. The number of hydrogen-bond donors (Lipinski definition) is 2. The summed E-state index contributed by atoms with van der Waals surface area (Å²) < 4.78 is 21.2. The molecule has 0 aromatic heterocycles. The molecule has 28 heavy (non-hydrogen) atoms. The summed E-state index contributed by atoms with van der Waals surface area (Å²) in [4.78, 5) is 13.7. The van der Waals surface area contributed by atoms with Gasteiger partial charge in [0.05, 0.1) is 39.2 Å². The molecule has 0 fully saturated rings. The number of amides is 1. The zero-order valence-electron chi connectivity index (χ0n) is 16.9. The van der Waals surface area contributed by atoms with Crippen LogP contribution in [0.4, 0.5) is 17.1 Å². The Morgan fingerprint density at radius 2 is 1.64 bits per heavy atom. The van der Waals surface area contributed by atoms with Gasteiger partial charge in [-0.3, -0.25) is 4.79 Å². The van der Waals surface area contributed by atoms with E-state index in [0.29, 0.717) is 41.7 Å². The highest BCUT2D eigenvalue weighted by molar-refractivity contribution is 5.99. The van der Waals surface area contributed by atoms with E-state index in [1.54, 1.807) is 52.7 Å². The van der Waals surface area contributed by atoms with Gasteiger partial charge in [0, 0.05) is 44.2 Å². The summed E-state index contributed by atoms with van der Waals surface area (Å²) in [5.74, 6) is 1.10. The Kier molecular flexibility index (Phi) is 7.34. The maximum atomic E-state index is 11.8. The van der Waals surface area contributed by atoms with Gasteiger partial charge in [-0.05, 0) is 18.2 Å². The minimum absolute atomic E-state index is 0.439. The zero-order chi connectivity index (χ0) is 20.7. The molecule has 0 saturated carbocycles. The number of methoxy groups -OCH3 is 4. The minimum atomic E-state index is -0.487. The lowest BCUT2D eigenvalue weighted by Gasteiger charge is -2.22. The molecular weight excluding hydrogens is 362 g/mol. The number of anilines is 3. The van der Waals surface area contributed by atoms with Crippen molar-refractivity contribution in [3.63, 3.8) is 0 Å². The molecule has 152 valence electrons. The van der Waals surface area contributed by atoms with Crippen LogP contribution in [-0.4, -0.2) is 54.5 Å². The van der Waals surface area contributed by atoms with Crippen LogP contribution in [0.1, 0.15) is 10.4 Å². The van der Waals surface area contributed by atoms with Crippen LogP contribution in [0.2, 0.25) is 0 Å². The largest absolute Gasteiger partial charge is 0.493 e. The van der Waals surface area contributed by atoms with Crippen molar-refractivity contribution in [2.75, 3.05) is 58.9 Å². The molecule has 8 heteroatoms.